The maximum atomic E-state index is 13.5. The first kappa shape index (κ1) is 14.3. The van der Waals surface area contributed by atoms with Crippen molar-refractivity contribution in [2.45, 2.75) is 4.90 Å². The fourth-order valence-corrected chi connectivity index (χ4v) is 2.23. The molecule has 0 aromatic heterocycles. The monoisotopic (exact) mass is 294 g/mol. The van der Waals surface area contributed by atoms with Crippen LogP contribution in [0, 0.1) is 11.6 Å². The summed E-state index contributed by atoms with van der Waals surface area (Å²) in [6.07, 6.45) is 0. The number of rotatable bonds is 4. The Bertz CT molecular complexity index is 617. The Labute approximate surface area is 119 Å². The van der Waals surface area contributed by atoms with Crippen molar-refractivity contribution in [2.24, 2.45) is 0 Å². The zero-order chi connectivity index (χ0) is 14.5. The van der Waals surface area contributed by atoms with Gasteiger partial charge in [0.2, 0.25) is 5.91 Å². The Kier molecular flexibility index (Phi) is 4.57. The second-order valence-corrected chi connectivity index (χ2v) is 5.05. The number of carbonyl (C=O) groups is 1. The molecule has 0 saturated carbocycles. The molecular formula is C14H12F2N2OS. The van der Waals surface area contributed by atoms with Crippen LogP contribution >= 0.6 is 11.8 Å². The highest BCUT2D eigenvalue weighted by atomic mass is 32.2. The highest BCUT2D eigenvalue weighted by Gasteiger charge is 2.07. The lowest BCUT2D eigenvalue weighted by molar-refractivity contribution is -0.113. The number of hydrogen-bond acceptors (Lipinski definition) is 3. The maximum Gasteiger partial charge on any atom is 0.234 e. The quantitative estimate of drug-likeness (QED) is 0.672. The molecule has 6 heteroatoms. The van der Waals surface area contributed by atoms with Gasteiger partial charge in [-0.1, -0.05) is 0 Å². The van der Waals surface area contributed by atoms with Crippen LogP contribution in [0.15, 0.2) is 47.4 Å². The third kappa shape index (κ3) is 3.96. The summed E-state index contributed by atoms with van der Waals surface area (Å²) in [4.78, 5) is 12.0. The molecule has 0 saturated heterocycles. The summed E-state index contributed by atoms with van der Waals surface area (Å²) in [5.41, 5.74) is 6.27. The molecule has 2 rings (SSSR count). The molecule has 0 spiro atoms. The number of hydrogen-bond donors (Lipinski definition) is 2. The Morgan fingerprint density at radius 2 is 1.85 bits per heavy atom. The van der Waals surface area contributed by atoms with E-state index >= 15 is 0 Å². The van der Waals surface area contributed by atoms with Crippen LogP contribution in [0.2, 0.25) is 0 Å². The van der Waals surface area contributed by atoms with E-state index in [0.717, 1.165) is 11.8 Å². The lowest BCUT2D eigenvalue weighted by Crippen LogP contribution is -2.14. The largest absolute Gasteiger partial charge is 0.399 e. The smallest absolute Gasteiger partial charge is 0.234 e. The maximum absolute atomic E-state index is 13.5. The molecule has 0 heterocycles. The predicted octanol–water partition coefficient (Wildman–Crippen LogP) is 3.28. The van der Waals surface area contributed by atoms with Crippen LogP contribution in [0.5, 0.6) is 0 Å². The molecule has 3 N–H and O–H groups in total. The molecule has 0 aliphatic carbocycles. The molecule has 20 heavy (non-hydrogen) atoms. The lowest BCUT2D eigenvalue weighted by atomic mass is 10.3. The molecule has 0 aliphatic heterocycles. The van der Waals surface area contributed by atoms with E-state index in [1.54, 1.807) is 6.07 Å². The van der Waals surface area contributed by atoms with Gasteiger partial charge in [0.15, 0.2) is 0 Å². The van der Waals surface area contributed by atoms with Crippen LogP contribution in [0.25, 0.3) is 0 Å². The van der Waals surface area contributed by atoms with Gasteiger partial charge in [0.05, 0.1) is 5.75 Å². The number of benzene rings is 2. The average molecular weight is 294 g/mol. The van der Waals surface area contributed by atoms with E-state index < -0.39 is 5.82 Å². The first-order valence-corrected chi connectivity index (χ1v) is 6.76. The van der Waals surface area contributed by atoms with Crippen LogP contribution in [0.4, 0.5) is 20.2 Å². The van der Waals surface area contributed by atoms with Gasteiger partial charge in [0, 0.05) is 16.3 Å². The second-order valence-electron chi connectivity index (χ2n) is 4.03. The highest BCUT2D eigenvalue weighted by Crippen LogP contribution is 2.23. The Morgan fingerprint density at radius 1 is 1.15 bits per heavy atom. The average Bonchev–Trinajstić information content (AvgIpc) is 2.40. The zero-order valence-corrected chi connectivity index (χ0v) is 11.2. The standard InChI is InChI=1S/C14H12F2N2OS/c15-9-1-4-11(5-2-9)18-14(19)8-20-13-6-3-10(17)7-12(13)16/h1-7H,8,17H2,(H,18,19). The molecule has 0 aliphatic rings. The normalized spacial score (nSPS) is 10.3. The summed E-state index contributed by atoms with van der Waals surface area (Å²) < 4.78 is 26.2. The van der Waals surface area contributed by atoms with E-state index in [0.29, 0.717) is 16.3 Å². The fraction of sp³-hybridized carbons (Fsp3) is 0.0714. The summed E-state index contributed by atoms with van der Waals surface area (Å²) in [5, 5.41) is 2.60. The molecule has 1 amide bonds. The number of halogens is 2. The number of nitrogens with one attached hydrogen (secondary N) is 1. The van der Waals surface area contributed by atoms with Crippen LogP contribution in [0.3, 0.4) is 0 Å². The van der Waals surface area contributed by atoms with Gasteiger partial charge in [0.25, 0.3) is 0 Å². The number of carbonyl (C=O) groups excluding carboxylic acids is 1. The minimum Gasteiger partial charge on any atom is -0.399 e. The van der Waals surface area contributed by atoms with E-state index in [4.69, 9.17) is 5.73 Å². The van der Waals surface area contributed by atoms with Gasteiger partial charge in [-0.05, 0) is 42.5 Å². The number of thioether (sulfide) groups is 1. The van der Waals surface area contributed by atoms with Crippen molar-refractivity contribution in [2.75, 3.05) is 16.8 Å². The molecule has 0 unspecified atom stereocenters. The first-order chi connectivity index (χ1) is 9.54. The van der Waals surface area contributed by atoms with Crippen LogP contribution in [-0.2, 0) is 4.79 Å². The Morgan fingerprint density at radius 3 is 2.50 bits per heavy atom. The van der Waals surface area contributed by atoms with Crippen molar-refractivity contribution in [1.82, 2.24) is 0 Å². The molecule has 0 radical (unpaired) electrons. The topological polar surface area (TPSA) is 55.1 Å². The van der Waals surface area contributed by atoms with Crippen LogP contribution < -0.4 is 11.1 Å². The number of amides is 1. The van der Waals surface area contributed by atoms with E-state index in [-0.39, 0.29) is 17.5 Å². The van der Waals surface area contributed by atoms with Crippen LogP contribution in [-0.4, -0.2) is 11.7 Å². The summed E-state index contributed by atoms with van der Waals surface area (Å²) in [6, 6.07) is 9.73. The van der Waals surface area contributed by atoms with Gasteiger partial charge >= 0.3 is 0 Å². The fourth-order valence-electron chi connectivity index (χ4n) is 1.51. The minimum absolute atomic E-state index is 0.0538. The van der Waals surface area contributed by atoms with Gasteiger partial charge < -0.3 is 11.1 Å². The number of anilines is 2. The Balaban J connectivity index is 1.90. The second kappa shape index (κ2) is 6.38. The molecule has 104 valence electrons. The molecule has 2 aromatic carbocycles. The third-order valence-electron chi connectivity index (χ3n) is 2.44. The van der Waals surface area contributed by atoms with E-state index in [9.17, 15) is 13.6 Å². The highest BCUT2D eigenvalue weighted by molar-refractivity contribution is 8.00. The summed E-state index contributed by atoms with van der Waals surface area (Å²) in [5.74, 6) is -1.07. The number of nitrogen functional groups attached to an aromatic ring is 1. The zero-order valence-electron chi connectivity index (χ0n) is 10.4. The van der Waals surface area contributed by atoms with E-state index in [2.05, 4.69) is 5.32 Å². The molecule has 2 aromatic rings. The molecule has 0 atom stereocenters. The van der Waals surface area contributed by atoms with Crippen molar-refractivity contribution < 1.29 is 13.6 Å². The first-order valence-electron chi connectivity index (χ1n) is 5.78. The van der Waals surface area contributed by atoms with Crippen molar-refractivity contribution in [3.63, 3.8) is 0 Å². The third-order valence-corrected chi connectivity index (χ3v) is 3.49. The van der Waals surface area contributed by atoms with Crippen LogP contribution in [0.1, 0.15) is 0 Å². The Hall–Kier alpha value is -2.08. The molecule has 3 nitrogen and oxygen atoms in total. The van der Waals surface area contributed by atoms with E-state index in [1.165, 1.54) is 36.4 Å². The van der Waals surface area contributed by atoms with Gasteiger partial charge in [-0.3, -0.25) is 4.79 Å². The van der Waals surface area contributed by atoms with Gasteiger partial charge in [0.1, 0.15) is 11.6 Å². The lowest BCUT2D eigenvalue weighted by Gasteiger charge is -2.06. The molecular weight excluding hydrogens is 282 g/mol. The number of nitrogens with two attached hydrogens (primary N) is 1. The predicted molar refractivity (Wildman–Crippen MR) is 76.6 cm³/mol. The van der Waals surface area contributed by atoms with Crippen molar-refractivity contribution in [3.8, 4) is 0 Å². The SMILES string of the molecule is Nc1ccc(SCC(=O)Nc2ccc(F)cc2)c(F)c1. The van der Waals surface area contributed by atoms with Gasteiger partial charge in [-0.25, -0.2) is 8.78 Å². The van der Waals surface area contributed by atoms with Gasteiger partial charge in [-0.2, -0.15) is 0 Å². The summed E-state index contributed by atoms with van der Waals surface area (Å²) >= 11 is 1.07. The van der Waals surface area contributed by atoms with Crippen molar-refractivity contribution in [3.05, 3.63) is 54.1 Å². The van der Waals surface area contributed by atoms with E-state index in [1.807, 2.05) is 0 Å². The minimum atomic E-state index is -0.454. The van der Waals surface area contributed by atoms with Crippen molar-refractivity contribution in [1.29, 1.82) is 0 Å². The van der Waals surface area contributed by atoms with Crippen molar-refractivity contribution >= 4 is 29.0 Å². The summed E-state index contributed by atoms with van der Waals surface area (Å²) in [7, 11) is 0. The molecule has 0 bridgehead atoms. The van der Waals surface area contributed by atoms with Gasteiger partial charge in [-0.15, -0.1) is 11.8 Å². The molecule has 0 fully saturated rings. The summed E-state index contributed by atoms with van der Waals surface area (Å²) in [6.45, 7) is 0.